The maximum Gasteiger partial charge on any atom is 0.317 e. The van der Waals surface area contributed by atoms with Crippen molar-refractivity contribution >= 4 is 27.6 Å². The molecule has 0 radical (unpaired) electrons. The van der Waals surface area contributed by atoms with Gasteiger partial charge in [0.2, 0.25) is 0 Å². The summed E-state index contributed by atoms with van der Waals surface area (Å²) in [6.45, 7) is 5.94. The first kappa shape index (κ1) is 30.6. The zero-order valence-electron chi connectivity index (χ0n) is 24.3. The molecule has 10 nitrogen and oxygen atoms in total. The fourth-order valence-corrected chi connectivity index (χ4v) is 6.37. The van der Waals surface area contributed by atoms with Crippen molar-refractivity contribution in [2.75, 3.05) is 31.5 Å². The van der Waals surface area contributed by atoms with Crippen LogP contribution >= 0.6 is 0 Å². The van der Waals surface area contributed by atoms with Gasteiger partial charge in [0.1, 0.15) is 11.9 Å². The number of likely N-dealkylation sites (N-methyl/N-ethyl adjacent to an activating group) is 1. The molecule has 11 heteroatoms. The third-order valence-corrected chi connectivity index (χ3v) is 9.38. The van der Waals surface area contributed by atoms with Crippen LogP contribution in [0.1, 0.15) is 61.9 Å². The number of amides is 3. The highest BCUT2D eigenvalue weighted by Gasteiger charge is 2.34. The molecule has 0 aromatic heterocycles. The summed E-state index contributed by atoms with van der Waals surface area (Å²) in [4.78, 5) is 30.0. The number of hydrogen-bond acceptors (Lipinski definition) is 6. The van der Waals surface area contributed by atoms with Gasteiger partial charge in [-0.3, -0.25) is 9.52 Å². The van der Waals surface area contributed by atoms with Crippen LogP contribution in [0.5, 0.6) is 5.75 Å². The molecular weight excluding hydrogens is 544 g/mol. The van der Waals surface area contributed by atoms with Gasteiger partial charge >= 0.3 is 6.03 Å². The molecule has 3 atom stereocenters. The van der Waals surface area contributed by atoms with Crippen LogP contribution in [-0.2, 0) is 10.0 Å². The molecule has 1 fully saturated rings. The number of rotatable bonds is 8. The van der Waals surface area contributed by atoms with Gasteiger partial charge in [-0.1, -0.05) is 43.9 Å². The molecule has 1 aliphatic heterocycles. The van der Waals surface area contributed by atoms with E-state index >= 15 is 0 Å². The van der Waals surface area contributed by atoms with E-state index < -0.39 is 22.2 Å². The Morgan fingerprint density at radius 2 is 1.83 bits per heavy atom. The summed E-state index contributed by atoms with van der Waals surface area (Å²) in [6.07, 6.45) is 4.94. The van der Waals surface area contributed by atoms with Gasteiger partial charge in [-0.2, -0.15) is 0 Å². The second-order valence-corrected chi connectivity index (χ2v) is 13.1. The number of hydrogen-bond donors (Lipinski definition) is 3. The van der Waals surface area contributed by atoms with Gasteiger partial charge in [-0.25, -0.2) is 13.2 Å². The second kappa shape index (κ2) is 13.1. The van der Waals surface area contributed by atoms with Gasteiger partial charge < -0.3 is 25.0 Å². The average Bonchev–Trinajstić information content (AvgIpc) is 2.95. The SMILES string of the molecule is Cc1ccc(S(=O)(=O)Nc2ccc3c(c2)C(=O)N([C@@H](C)CO)C[C@@H](C)[C@H](CN(C)C(=O)NC2CCCCC2)O3)cc1. The molecule has 0 spiro atoms. The fraction of sp³-hybridized carbons (Fsp3) is 0.533. The summed E-state index contributed by atoms with van der Waals surface area (Å²) < 4.78 is 35.0. The largest absolute Gasteiger partial charge is 0.487 e. The van der Waals surface area contributed by atoms with Crippen LogP contribution < -0.4 is 14.8 Å². The highest BCUT2D eigenvalue weighted by atomic mass is 32.2. The number of anilines is 1. The Balaban J connectivity index is 1.59. The van der Waals surface area contributed by atoms with Crippen molar-refractivity contribution < 1.29 is 27.9 Å². The lowest BCUT2D eigenvalue weighted by molar-refractivity contribution is 0.0366. The third kappa shape index (κ3) is 7.51. The zero-order chi connectivity index (χ0) is 29.7. The second-order valence-electron chi connectivity index (χ2n) is 11.4. The number of sulfonamides is 1. The molecule has 2 aromatic carbocycles. The van der Waals surface area contributed by atoms with E-state index in [2.05, 4.69) is 10.0 Å². The number of carbonyl (C=O) groups excluding carboxylic acids is 2. The van der Waals surface area contributed by atoms with E-state index in [1.165, 1.54) is 24.6 Å². The number of carbonyl (C=O) groups is 2. The maximum absolute atomic E-state index is 13.7. The number of aryl methyl sites for hydroxylation is 1. The number of aliphatic hydroxyl groups is 1. The minimum Gasteiger partial charge on any atom is -0.487 e. The first-order valence-electron chi connectivity index (χ1n) is 14.3. The minimum atomic E-state index is -3.89. The lowest BCUT2D eigenvalue weighted by Gasteiger charge is -2.38. The molecule has 1 saturated carbocycles. The van der Waals surface area contributed by atoms with Gasteiger partial charge in [0.15, 0.2) is 0 Å². The van der Waals surface area contributed by atoms with Gasteiger partial charge in [0.25, 0.3) is 15.9 Å². The van der Waals surface area contributed by atoms with E-state index in [0.29, 0.717) is 12.3 Å². The predicted molar refractivity (Wildman–Crippen MR) is 158 cm³/mol. The molecule has 2 aromatic rings. The van der Waals surface area contributed by atoms with Crippen LogP contribution in [0.25, 0.3) is 0 Å². The Kier molecular flexibility index (Phi) is 9.80. The van der Waals surface area contributed by atoms with E-state index in [-0.39, 0.29) is 53.2 Å². The molecule has 224 valence electrons. The standard InChI is InChI=1S/C30H42N4O6S/c1-20-10-13-25(14-11-20)41(38,39)32-24-12-15-27-26(16-24)29(36)34(22(3)19-35)17-21(2)28(40-27)18-33(4)30(37)31-23-8-6-5-7-9-23/h10-16,21-23,28,32,35H,5-9,17-19H2,1-4H3,(H,31,37)/t21-,22+,28+/m1/s1. The van der Waals surface area contributed by atoms with E-state index in [0.717, 1.165) is 31.2 Å². The average molecular weight is 587 g/mol. The Morgan fingerprint density at radius 1 is 1.15 bits per heavy atom. The fourth-order valence-electron chi connectivity index (χ4n) is 5.32. The number of urea groups is 1. The molecule has 3 N–H and O–H groups in total. The number of fused-ring (bicyclic) bond motifs is 1. The lowest BCUT2D eigenvalue weighted by Crippen LogP contribution is -2.52. The van der Waals surface area contributed by atoms with Crippen LogP contribution in [0.15, 0.2) is 47.4 Å². The molecule has 41 heavy (non-hydrogen) atoms. The maximum atomic E-state index is 13.7. The quantitative estimate of drug-likeness (QED) is 0.429. The van der Waals surface area contributed by atoms with Crippen molar-refractivity contribution in [2.24, 2.45) is 5.92 Å². The molecule has 0 unspecified atom stereocenters. The first-order chi connectivity index (χ1) is 19.5. The summed E-state index contributed by atoms with van der Waals surface area (Å²) in [7, 11) is -2.16. The molecule has 2 aliphatic rings. The number of nitrogens with one attached hydrogen (secondary N) is 2. The van der Waals surface area contributed by atoms with Gasteiger partial charge in [-0.15, -0.1) is 0 Å². The summed E-state index contributed by atoms with van der Waals surface area (Å²) >= 11 is 0. The summed E-state index contributed by atoms with van der Waals surface area (Å²) in [6, 6.07) is 10.6. The number of aliphatic hydroxyl groups excluding tert-OH is 1. The molecule has 0 saturated heterocycles. The third-order valence-electron chi connectivity index (χ3n) is 7.98. The topological polar surface area (TPSA) is 128 Å². The van der Waals surface area contributed by atoms with Crippen molar-refractivity contribution in [2.45, 2.75) is 76.0 Å². The smallest absolute Gasteiger partial charge is 0.317 e. The Bertz CT molecular complexity index is 1330. The van der Waals surface area contributed by atoms with Crippen LogP contribution in [-0.4, -0.2) is 80.2 Å². The molecule has 3 amide bonds. The predicted octanol–water partition coefficient (Wildman–Crippen LogP) is 3.99. The van der Waals surface area contributed by atoms with Crippen molar-refractivity contribution in [3.63, 3.8) is 0 Å². The van der Waals surface area contributed by atoms with E-state index in [1.54, 1.807) is 48.0 Å². The number of benzene rings is 2. The van der Waals surface area contributed by atoms with E-state index in [9.17, 15) is 23.1 Å². The van der Waals surface area contributed by atoms with Crippen LogP contribution in [0.3, 0.4) is 0 Å². The molecule has 1 aliphatic carbocycles. The molecule has 0 bridgehead atoms. The number of ether oxygens (including phenoxy) is 1. The van der Waals surface area contributed by atoms with Gasteiger partial charge in [0, 0.05) is 31.2 Å². The van der Waals surface area contributed by atoms with E-state index in [4.69, 9.17) is 4.74 Å². The van der Waals surface area contributed by atoms with Crippen molar-refractivity contribution in [1.29, 1.82) is 0 Å². The normalized spacial score (nSPS) is 20.7. The van der Waals surface area contributed by atoms with Crippen molar-refractivity contribution in [3.05, 3.63) is 53.6 Å². The zero-order valence-corrected chi connectivity index (χ0v) is 25.1. The number of nitrogens with zero attached hydrogens (tertiary/aromatic N) is 2. The Labute approximate surface area is 243 Å². The Hall–Kier alpha value is -3.31. The lowest BCUT2D eigenvalue weighted by atomic mass is 9.96. The highest BCUT2D eigenvalue weighted by molar-refractivity contribution is 7.92. The minimum absolute atomic E-state index is 0.108. The van der Waals surface area contributed by atoms with Crippen LogP contribution in [0.4, 0.5) is 10.5 Å². The van der Waals surface area contributed by atoms with Crippen molar-refractivity contribution in [3.8, 4) is 5.75 Å². The van der Waals surface area contributed by atoms with Crippen LogP contribution in [0.2, 0.25) is 0 Å². The van der Waals surface area contributed by atoms with Crippen molar-refractivity contribution in [1.82, 2.24) is 15.1 Å². The van der Waals surface area contributed by atoms with E-state index in [1.807, 2.05) is 13.8 Å². The summed E-state index contributed by atoms with van der Waals surface area (Å²) in [5.41, 5.74) is 1.33. The monoisotopic (exact) mass is 586 g/mol. The van der Waals surface area contributed by atoms with Gasteiger partial charge in [0.05, 0.1) is 29.7 Å². The molecule has 1 heterocycles. The molecular formula is C30H42N4O6S. The van der Waals surface area contributed by atoms with Gasteiger partial charge in [-0.05, 0) is 57.0 Å². The molecule has 4 rings (SSSR count). The Morgan fingerprint density at radius 3 is 2.49 bits per heavy atom. The highest BCUT2D eigenvalue weighted by Crippen LogP contribution is 2.31. The first-order valence-corrected chi connectivity index (χ1v) is 15.8. The summed E-state index contributed by atoms with van der Waals surface area (Å²) in [5, 5.41) is 13.0. The summed E-state index contributed by atoms with van der Waals surface area (Å²) in [5.74, 6) is -0.238. The van der Waals surface area contributed by atoms with Crippen LogP contribution in [0, 0.1) is 12.8 Å².